The average molecular weight is 367 g/mol. The lowest BCUT2D eigenvalue weighted by atomic mass is 9.96. The monoisotopic (exact) mass is 367 g/mol. The zero-order chi connectivity index (χ0) is 18.8. The van der Waals surface area contributed by atoms with Crippen LogP contribution in [0.4, 0.5) is 10.7 Å². The number of hydrogen-bond acceptors (Lipinski definition) is 7. The lowest BCUT2D eigenvalue weighted by Crippen LogP contribution is -2.21. The van der Waals surface area contributed by atoms with E-state index in [4.69, 9.17) is 14.2 Å². The maximum Gasteiger partial charge on any atom is 0.415 e. The molecule has 9 heteroatoms. The number of hydrogen-bond donors (Lipinski definition) is 1. The summed E-state index contributed by atoms with van der Waals surface area (Å²) in [7, 11) is 1.56. The standard InChI is InChI=1S/C18H17N5O4/c1-3-23-21-17(20-22-23)19-18(24)27-15-11-7-4-5-9-13(11)26-16-12(15)8-6-10-14(16)25-2/h4-10,15H,3H2,1-2H3,(H,19,21,24). The van der Waals surface area contributed by atoms with Crippen LogP contribution in [0.25, 0.3) is 0 Å². The Morgan fingerprint density at radius 1 is 1.22 bits per heavy atom. The molecular formula is C18H17N5O4. The highest BCUT2D eigenvalue weighted by Gasteiger charge is 2.32. The predicted octanol–water partition coefficient (Wildman–Crippen LogP) is 3.15. The first-order chi connectivity index (χ1) is 13.2. The molecule has 1 amide bonds. The molecule has 138 valence electrons. The number of nitrogens with one attached hydrogen (secondary N) is 1. The second kappa shape index (κ2) is 6.94. The number of aryl methyl sites for hydroxylation is 1. The molecule has 27 heavy (non-hydrogen) atoms. The Hall–Kier alpha value is -3.62. The number of carbonyl (C=O) groups is 1. The van der Waals surface area contributed by atoms with E-state index in [0.29, 0.717) is 29.4 Å². The summed E-state index contributed by atoms with van der Waals surface area (Å²) < 4.78 is 17.0. The average Bonchev–Trinajstić information content (AvgIpc) is 3.14. The largest absolute Gasteiger partial charge is 0.493 e. The molecule has 0 fully saturated rings. The van der Waals surface area contributed by atoms with Gasteiger partial charge in [0.05, 0.1) is 13.7 Å². The van der Waals surface area contributed by atoms with Gasteiger partial charge in [-0.1, -0.05) is 35.4 Å². The molecule has 0 saturated carbocycles. The summed E-state index contributed by atoms with van der Waals surface area (Å²) in [5.41, 5.74) is 1.42. The van der Waals surface area contributed by atoms with Crippen LogP contribution in [0.2, 0.25) is 0 Å². The van der Waals surface area contributed by atoms with Crippen LogP contribution >= 0.6 is 0 Å². The van der Waals surface area contributed by atoms with E-state index in [-0.39, 0.29) is 5.95 Å². The van der Waals surface area contributed by atoms with E-state index in [1.165, 1.54) is 4.80 Å². The zero-order valence-electron chi connectivity index (χ0n) is 14.7. The molecule has 1 atom stereocenters. The van der Waals surface area contributed by atoms with Gasteiger partial charge < -0.3 is 14.2 Å². The third-order valence-electron chi connectivity index (χ3n) is 4.10. The summed E-state index contributed by atoms with van der Waals surface area (Å²) >= 11 is 0. The highest BCUT2D eigenvalue weighted by atomic mass is 16.6. The molecule has 4 rings (SSSR count). The number of nitrogens with zero attached hydrogens (tertiary/aromatic N) is 4. The quantitative estimate of drug-likeness (QED) is 0.756. The van der Waals surface area contributed by atoms with Crippen molar-refractivity contribution in [3.8, 4) is 17.2 Å². The van der Waals surface area contributed by atoms with Gasteiger partial charge in [-0.2, -0.15) is 4.80 Å². The number of methoxy groups -OCH3 is 1. The fourth-order valence-corrected chi connectivity index (χ4v) is 2.86. The summed E-state index contributed by atoms with van der Waals surface area (Å²) in [4.78, 5) is 13.8. The fourth-order valence-electron chi connectivity index (χ4n) is 2.86. The summed E-state index contributed by atoms with van der Waals surface area (Å²) in [5.74, 6) is 1.76. The predicted molar refractivity (Wildman–Crippen MR) is 94.9 cm³/mol. The maximum absolute atomic E-state index is 12.4. The topological polar surface area (TPSA) is 100 Å². The zero-order valence-corrected chi connectivity index (χ0v) is 14.7. The number of tetrazole rings is 1. The van der Waals surface area contributed by atoms with Gasteiger partial charge in [0.2, 0.25) is 0 Å². The first kappa shape index (κ1) is 16.8. The first-order valence-corrected chi connectivity index (χ1v) is 8.38. The maximum atomic E-state index is 12.4. The van der Waals surface area contributed by atoms with Crippen molar-refractivity contribution in [1.82, 2.24) is 20.2 Å². The number of aromatic nitrogens is 4. The molecule has 0 spiro atoms. The lowest BCUT2D eigenvalue weighted by molar-refractivity contribution is 0.124. The van der Waals surface area contributed by atoms with Crippen LogP contribution in [-0.2, 0) is 11.3 Å². The van der Waals surface area contributed by atoms with E-state index in [0.717, 1.165) is 5.56 Å². The van der Waals surface area contributed by atoms with Crippen LogP contribution in [0.5, 0.6) is 17.2 Å². The SMILES string of the molecule is CCn1nnc(NC(=O)OC2c3ccccc3Oc3c(OC)cccc32)n1. The normalized spacial score (nSPS) is 14.5. The van der Waals surface area contributed by atoms with Gasteiger partial charge in [-0.05, 0) is 24.3 Å². The van der Waals surface area contributed by atoms with Gasteiger partial charge in [0.15, 0.2) is 17.6 Å². The molecular weight excluding hydrogens is 350 g/mol. The minimum absolute atomic E-state index is 0.0769. The molecule has 1 unspecified atom stereocenters. The lowest BCUT2D eigenvalue weighted by Gasteiger charge is -2.28. The molecule has 0 bridgehead atoms. The summed E-state index contributed by atoms with van der Waals surface area (Å²) in [6.45, 7) is 2.41. The van der Waals surface area contributed by atoms with Gasteiger partial charge in [0.25, 0.3) is 5.95 Å². The van der Waals surface area contributed by atoms with E-state index in [1.807, 2.05) is 43.3 Å². The Balaban J connectivity index is 1.64. The number of benzene rings is 2. The van der Waals surface area contributed by atoms with Crippen molar-refractivity contribution in [3.05, 3.63) is 53.6 Å². The van der Waals surface area contributed by atoms with Crippen molar-refractivity contribution < 1.29 is 19.0 Å². The third-order valence-corrected chi connectivity index (χ3v) is 4.10. The second-order valence-corrected chi connectivity index (χ2v) is 5.73. The Bertz CT molecular complexity index is 987. The van der Waals surface area contributed by atoms with E-state index in [9.17, 15) is 4.79 Å². The smallest absolute Gasteiger partial charge is 0.415 e. The molecule has 1 aliphatic heterocycles. The van der Waals surface area contributed by atoms with Crippen molar-refractivity contribution in [2.24, 2.45) is 0 Å². The number of para-hydroxylation sites is 2. The minimum atomic E-state index is -0.693. The number of fused-ring (bicyclic) bond motifs is 2. The number of amides is 1. The molecule has 2 aromatic carbocycles. The van der Waals surface area contributed by atoms with Crippen molar-refractivity contribution >= 4 is 12.0 Å². The number of carbonyl (C=O) groups excluding carboxylic acids is 1. The number of rotatable bonds is 4. The van der Waals surface area contributed by atoms with Crippen LogP contribution < -0.4 is 14.8 Å². The van der Waals surface area contributed by atoms with Gasteiger partial charge in [-0.15, -0.1) is 5.10 Å². The molecule has 2 heterocycles. The van der Waals surface area contributed by atoms with Crippen LogP contribution in [0.3, 0.4) is 0 Å². The molecule has 3 aromatic rings. The minimum Gasteiger partial charge on any atom is -0.493 e. The van der Waals surface area contributed by atoms with Gasteiger partial charge >= 0.3 is 6.09 Å². The first-order valence-electron chi connectivity index (χ1n) is 8.38. The summed E-state index contributed by atoms with van der Waals surface area (Å²) in [6.07, 6.45) is -1.36. The summed E-state index contributed by atoms with van der Waals surface area (Å²) in [6, 6.07) is 12.8. The van der Waals surface area contributed by atoms with Gasteiger partial charge in [0, 0.05) is 11.1 Å². The molecule has 9 nitrogen and oxygen atoms in total. The Morgan fingerprint density at radius 2 is 2.04 bits per heavy atom. The highest BCUT2D eigenvalue weighted by Crippen LogP contribution is 2.48. The fraction of sp³-hybridized carbons (Fsp3) is 0.222. The number of ether oxygens (including phenoxy) is 3. The molecule has 0 radical (unpaired) electrons. The van der Waals surface area contributed by atoms with E-state index < -0.39 is 12.2 Å². The molecule has 1 aromatic heterocycles. The van der Waals surface area contributed by atoms with E-state index in [2.05, 4.69) is 20.7 Å². The van der Waals surface area contributed by atoms with E-state index in [1.54, 1.807) is 13.2 Å². The molecule has 1 aliphatic rings. The van der Waals surface area contributed by atoms with Gasteiger partial charge in [-0.25, -0.2) is 4.79 Å². The van der Waals surface area contributed by atoms with Crippen molar-refractivity contribution in [1.29, 1.82) is 0 Å². The van der Waals surface area contributed by atoms with Crippen LogP contribution in [-0.4, -0.2) is 33.4 Å². The van der Waals surface area contributed by atoms with Crippen molar-refractivity contribution in [2.45, 2.75) is 19.6 Å². The van der Waals surface area contributed by atoms with E-state index >= 15 is 0 Å². The van der Waals surface area contributed by atoms with Crippen LogP contribution in [0.1, 0.15) is 24.2 Å². The third kappa shape index (κ3) is 3.14. The summed E-state index contributed by atoms with van der Waals surface area (Å²) in [5, 5.41) is 14.1. The van der Waals surface area contributed by atoms with Gasteiger partial charge in [0.1, 0.15) is 5.75 Å². The van der Waals surface area contributed by atoms with Crippen LogP contribution in [0.15, 0.2) is 42.5 Å². The molecule has 1 N–H and O–H groups in total. The van der Waals surface area contributed by atoms with Gasteiger partial charge in [-0.3, -0.25) is 5.32 Å². The van der Waals surface area contributed by atoms with Crippen LogP contribution in [0, 0.1) is 0 Å². The molecule has 0 aliphatic carbocycles. The Kier molecular flexibility index (Phi) is 4.33. The Morgan fingerprint density at radius 3 is 2.81 bits per heavy atom. The Labute approximate surface area is 154 Å². The van der Waals surface area contributed by atoms with Crippen molar-refractivity contribution in [2.75, 3.05) is 12.4 Å². The number of anilines is 1. The highest BCUT2D eigenvalue weighted by molar-refractivity contribution is 5.82. The second-order valence-electron chi connectivity index (χ2n) is 5.73. The van der Waals surface area contributed by atoms with Crippen molar-refractivity contribution in [3.63, 3.8) is 0 Å². The molecule has 0 saturated heterocycles.